The second-order valence-corrected chi connectivity index (χ2v) is 7.08. The lowest BCUT2D eigenvalue weighted by atomic mass is 10.3. The number of carboxylic acid groups (broad SMARTS) is 1. The molecule has 0 aliphatic heterocycles. The van der Waals surface area contributed by atoms with Gasteiger partial charge in [0.1, 0.15) is 0 Å². The third kappa shape index (κ3) is 3.52. The fraction of sp³-hybridized carbons (Fsp3) is 0.182. The smallest absolute Gasteiger partial charge is 0.313 e. The lowest BCUT2D eigenvalue weighted by Crippen LogP contribution is -2.05. The van der Waals surface area contributed by atoms with E-state index >= 15 is 0 Å². The molecule has 10 heteroatoms. The lowest BCUT2D eigenvalue weighted by Gasteiger charge is -2.08. The van der Waals surface area contributed by atoms with E-state index in [1.165, 1.54) is 16.7 Å². The van der Waals surface area contributed by atoms with Gasteiger partial charge in [-0.25, -0.2) is 8.42 Å². The zero-order valence-corrected chi connectivity index (χ0v) is 12.6. The van der Waals surface area contributed by atoms with Crippen LogP contribution in [0.5, 0.6) is 0 Å². The molecule has 0 amide bonds. The van der Waals surface area contributed by atoms with Gasteiger partial charge in [-0.3, -0.25) is 9.36 Å². The highest BCUT2D eigenvalue weighted by Crippen LogP contribution is 2.23. The van der Waals surface area contributed by atoms with Crippen LogP contribution < -0.4 is 5.73 Å². The molecule has 112 valence electrons. The molecule has 0 saturated heterocycles. The quantitative estimate of drug-likeness (QED) is 0.756. The van der Waals surface area contributed by atoms with E-state index in [1.807, 2.05) is 0 Å². The molecule has 0 fully saturated rings. The van der Waals surface area contributed by atoms with Crippen LogP contribution in [0.1, 0.15) is 0 Å². The fourth-order valence-corrected chi connectivity index (χ4v) is 2.90. The first kappa shape index (κ1) is 15.3. The van der Waals surface area contributed by atoms with E-state index in [-0.39, 0.29) is 16.6 Å². The number of benzene rings is 1. The molecule has 0 saturated carbocycles. The molecular weight excluding hydrogens is 316 g/mol. The molecule has 2 rings (SSSR count). The van der Waals surface area contributed by atoms with Gasteiger partial charge in [0.25, 0.3) is 0 Å². The van der Waals surface area contributed by atoms with Crippen molar-refractivity contribution in [3.8, 4) is 5.69 Å². The van der Waals surface area contributed by atoms with Gasteiger partial charge in [-0.15, -0.1) is 10.2 Å². The first-order chi connectivity index (χ1) is 9.79. The second kappa shape index (κ2) is 5.74. The first-order valence-electron chi connectivity index (χ1n) is 5.65. The van der Waals surface area contributed by atoms with E-state index in [0.717, 1.165) is 18.0 Å². The third-order valence-corrected chi connectivity index (χ3v) is 4.55. The predicted octanol–water partition coefficient (Wildman–Crippen LogP) is 0.430. The van der Waals surface area contributed by atoms with Crippen LogP contribution in [0.15, 0.2) is 34.3 Å². The van der Waals surface area contributed by atoms with Crippen LogP contribution in [0.4, 0.5) is 5.95 Å². The van der Waals surface area contributed by atoms with E-state index in [9.17, 15) is 13.2 Å². The SMILES string of the molecule is CS(=O)(=O)c1ccc(-n2c(N)nnc2SCC(=O)O)cc1. The minimum atomic E-state index is -3.28. The molecule has 21 heavy (non-hydrogen) atoms. The Bertz CT molecular complexity index is 768. The van der Waals surface area contributed by atoms with Crippen molar-refractivity contribution in [1.82, 2.24) is 14.8 Å². The van der Waals surface area contributed by atoms with Gasteiger partial charge >= 0.3 is 5.97 Å². The van der Waals surface area contributed by atoms with E-state index < -0.39 is 15.8 Å². The van der Waals surface area contributed by atoms with Crippen molar-refractivity contribution in [3.05, 3.63) is 24.3 Å². The summed E-state index contributed by atoms with van der Waals surface area (Å²) in [7, 11) is -3.28. The van der Waals surface area contributed by atoms with Crippen molar-refractivity contribution in [2.24, 2.45) is 0 Å². The summed E-state index contributed by atoms with van der Waals surface area (Å²) in [6.45, 7) is 0. The van der Waals surface area contributed by atoms with Crippen LogP contribution in [0, 0.1) is 0 Å². The molecule has 0 atom stereocenters. The molecule has 8 nitrogen and oxygen atoms in total. The molecule has 0 bridgehead atoms. The minimum Gasteiger partial charge on any atom is -0.481 e. The fourth-order valence-electron chi connectivity index (χ4n) is 1.59. The van der Waals surface area contributed by atoms with E-state index in [4.69, 9.17) is 10.8 Å². The summed E-state index contributed by atoms with van der Waals surface area (Å²) in [5.41, 5.74) is 6.27. The number of nitrogens with two attached hydrogens (primary N) is 1. The van der Waals surface area contributed by atoms with Crippen molar-refractivity contribution < 1.29 is 18.3 Å². The number of rotatable bonds is 5. The van der Waals surface area contributed by atoms with Crippen molar-refractivity contribution in [3.63, 3.8) is 0 Å². The Kier molecular flexibility index (Phi) is 4.19. The number of thioether (sulfide) groups is 1. The van der Waals surface area contributed by atoms with Crippen LogP contribution >= 0.6 is 11.8 Å². The molecule has 3 N–H and O–H groups in total. The molecule has 1 heterocycles. The highest BCUT2D eigenvalue weighted by molar-refractivity contribution is 7.99. The van der Waals surface area contributed by atoms with Crippen LogP contribution in [0.2, 0.25) is 0 Å². The molecule has 0 aliphatic rings. The van der Waals surface area contributed by atoms with Gasteiger partial charge in [0, 0.05) is 6.26 Å². The van der Waals surface area contributed by atoms with Crippen LogP contribution in [0.25, 0.3) is 5.69 Å². The minimum absolute atomic E-state index is 0.0926. The molecular formula is C11H12N4O4S2. The zero-order valence-electron chi connectivity index (χ0n) is 10.9. The third-order valence-electron chi connectivity index (χ3n) is 2.51. The summed E-state index contributed by atoms with van der Waals surface area (Å²) in [4.78, 5) is 10.8. The maximum atomic E-state index is 11.4. The second-order valence-electron chi connectivity index (χ2n) is 4.12. The van der Waals surface area contributed by atoms with Crippen LogP contribution in [-0.2, 0) is 14.6 Å². The maximum Gasteiger partial charge on any atom is 0.313 e. The number of sulfone groups is 1. The van der Waals surface area contributed by atoms with Crippen molar-refractivity contribution in [1.29, 1.82) is 0 Å². The van der Waals surface area contributed by atoms with Gasteiger partial charge in [-0.1, -0.05) is 11.8 Å². The maximum absolute atomic E-state index is 11.4. The topological polar surface area (TPSA) is 128 Å². The van der Waals surface area contributed by atoms with E-state index in [1.54, 1.807) is 12.1 Å². The zero-order chi connectivity index (χ0) is 15.6. The summed E-state index contributed by atoms with van der Waals surface area (Å²) < 4.78 is 24.3. The normalized spacial score (nSPS) is 11.5. The first-order valence-corrected chi connectivity index (χ1v) is 8.52. The summed E-state index contributed by atoms with van der Waals surface area (Å²) in [5, 5.41) is 16.5. The van der Waals surface area contributed by atoms with Gasteiger partial charge in [-0.2, -0.15) is 0 Å². The van der Waals surface area contributed by atoms with Crippen LogP contribution in [0.3, 0.4) is 0 Å². The summed E-state index contributed by atoms with van der Waals surface area (Å²) in [5.74, 6) is -1.07. The summed E-state index contributed by atoms with van der Waals surface area (Å²) in [6.07, 6.45) is 1.11. The average molecular weight is 328 g/mol. The number of aromatic nitrogens is 3. The van der Waals surface area contributed by atoms with Gasteiger partial charge in [0.2, 0.25) is 5.95 Å². The van der Waals surface area contributed by atoms with Gasteiger partial charge in [0.05, 0.1) is 16.3 Å². The summed E-state index contributed by atoms with van der Waals surface area (Å²) in [6, 6.07) is 5.99. The number of aliphatic carboxylic acids is 1. The molecule has 0 unspecified atom stereocenters. The van der Waals surface area contributed by atoms with Gasteiger partial charge in [-0.05, 0) is 24.3 Å². The van der Waals surface area contributed by atoms with Crippen LogP contribution in [-0.4, -0.2) is 46.3 Å². The predicted molar refractivity (Wildman–Crippen MR) is 77.2 cm³/mol. The number of anilines is 1. The monoisotopic (exact) mass is 328 g/mol. The number of hydrogen-bond acceptors (Lipinski definition) is 7. The number of nitrogens with zero attached hydrogens (tertiary/aromatic N) is 3. The Morgan fingerprint density at radius 2 is 1.95 bits per heavy atom. The highest BCUT2D eigenvalue weighted by atomic mass is 32.2. The Balaban J connectivity index is 2.38. The molecule has 2 aromatic rings. The Labute approximate surface area is 124 Å². The molecule has 1 aromatic carbocycles. The summed E-state index contributed by atoms with van der Waals surface area (Å²) >= 11 is 0.972. The van der Waals surface area contributed by atoms with Crippen molar-refractivity contribution in [2.75, 3.05) is 17.7 Å². The standard InChI is InChI=1S/C11H12N4O4S2/c1-21(18,19)8-4-2-7(3-5-8)15-10(12)13-14-11(15)20-6-9(16)17/h2-5H,6H2,1H3,(H2,12,13)(H,16,17). The lowest BCUT2D eigenvalue weighted by molar-refractivity contribution is -0.133. The highest BCUT2D eigenvalue weighted by Gasteiger charge is 2.14. The largest absolute Gasteiger partial charge is 0.481 e. The average Bonchev–Trinajstić information content (AvgIpc) is 2.76. The number of nitrogen functional groups attached to an aromatic ring is 1. The molecule has 0 aliphatic carbocycles. The Hall–Kier alpha value is -2.07. The molecule has 1 aromatic heterocycles. The number of carbonyl (C=O) groups is 1. The van der Waals surface area contributed by atoms with E-state index in [0.29, 0.717) is 10.8 Å². The number of hydrogen-bond donors (Lipinski definition) is 2. The van der Waals surface area contributed by atoms with Crippen molar-refractivity contribution in [2.45, 2.75) is 10.1 Å². The van der Waals surface area contributed by atoms with Gasteiger partial charge < -0.3 is 10.8 Å². The van der Waals surface area contributed by atoms with Crippen molar-refractivity contribution >= 4 is 33.5 Å². The number of carboxylic acids is 1. The van der Waals surface area contributed by atoms with Gasteiger partial charge in [0.15, 0.2) is 15.0 Å². The molecule has 0 spiro atoms. The van der Waals surface area contributed by atoms with E-state index in [2.05, 4.69) is 10.2 Å². The Morgan fingerprint density at radius 1 is 1.33 bits per heavy atom. The molecule has 0 radical (unpaired) electrons. The Morgan fingerprint density at radius 3 is 2.48 bits per heavy atom.